The van der Waals surface area contributed by atoms with Gasteiger partial charge in [0.2, 0.25) is 0 Å². The summed E-state index contributed by atoms with van der Waals surface area (Å²) in [4.78, 5) is 0. The van der Waals surface area contributed by atoms with Gasteiger partial charge in [-0.05, 0) is 6.07 Å². The van der Waals surface area contributed by atoms with Crippen LogP contribution in [0.3, 0.4) is 0 Å². The molecule has 2 N–H and O–H groups in total. The van der Waals surface area contributed by atoms with E-state index in [9.17, 15) is 0 Å². The molecule has 0 atom stereocenters. The van der Waals surface area contributed by atoms with Gasteiger partial charge in [-0.3, -0.25) is 0 Å². The van der Waals surface area contributed by atoms with Crippen molar-refractivity contribution in [3.05, 3.63) is 10.6 Å². The molecule has 0 unspecified atom stereocenters. The summed E-state index contributed by atoms with van der Waals surface area (Å²) >= 11 is 4.55. The largest absolute Gasteiger partial charge is 0.398 e. The Balaban J connectivity index is 3.15. The molecule has 0 fully saturated rings. The highest BCUT2D eigenvalue weighted by Gasteiger charge is 1.91. The normalized spacial score (nSPS) is 9.60. The van der Waals surface area contributed by atoms with Crippen LogP contribution < -0.4 is 5.73 Å². The standard InChI is InChI=1S/C3H3NS/c4-2-1-3(2)5/h1H,4H2. The van der Waals surface area contributed by atoms with Crippen LogP contribution in [-0.2, 0) is 0 Å². The third-order valence-corrected chi connectivity index (χ3v) is 0.841. The zero-order valence-electron chi connectivity index (χ0n) is 2.56. The summed E-state index contributed by atoms with van der Waals surface area (Å²) in [5.41, 5.74) is 5.86. The molecular weight excluding hydrogens is 82.1 g/mol. The molecule has 0 amide bonds. The lowest BCUT2D eigenvalue weighted by Gasteiger charge is -1.49. The van der Waals surface area contributed by atoms with E-state index in [2.05, 4.69) is 12.2 Å². The predicted molar refractivity (Wildman–Crippen MR) is 24.1 cm³/mol. The summed E-state index contributed by atoms with van der Waals surface area (Å²) < 4.78 is 0.824. The molecule has 1 rings (SSSR count). The minimum absolute atomic E-state index is 0.778. The molecule has 0 aliphatic carbocycles. The first-order chi connectivity index (χ1) is 2.30. The van der Waals surface area contributed by atoms with Crippen molar-refractivity contribution in [2.24, 2.45) is 0 Å². The highest BCUT2D eigenvalue weighted by Crippen LogP contribution is 2.11. The molecule has 5 heavy (non-hydrogen) atoms. The summed E-state index contributed by atoms with van der Waals surface area (Å²) in [7, 11) is 0. The van der Waals surface area contributed by atoms with E-state index in [0.717, 1.165) is 10.2 Å². The maximum atomic E-state index is 5.09. The SMILES string of the molecule is Nc1cc1=S. The lowest BCUT2D eigenvalue weighted by molar-refractivity contribution is 2.07. The fourth-order valence-corrected chi connectivity index (χ4v) is 0.232. The van der Waals surface area contributed by atoms with Crippen molar-refractivity contribution in [3.63, 3.8) is 0 Å². The molecule has 26 valence electrons. The zero-order chi connectivity index (χ0) is 3.86. The molecular formula is C3H3NS. The van der Waals surface area contributed by atoms with Gasteiger partial charge in [0.1, 0.15) is 0 Å². The topological polar surface area (TPSA) is 26.0 Å². The molecule has 2 heteroatoms. The van der Waals surface area contributed by atoms with E-state index >= 15 is 0 Å². The van der Waals surface area contributed by atoms with Crippen molar-refractivity contribution >= 4 is 17.9 Å². The van der Waals surface area contributed by atoms with E-state index in [0.29, 0.717) is 0 Å². The number of hydrogen-bond acceptors (Lipinski definition) is 2. The first-order valence-electron chi connectivity index (χ1n) is 1.32. The average Bonchev–Trinajstić information content (AvgIpc) is 1.79. The Kier molecular flexibility index (Phi) is 0.325. The minimum Gasteiger partial charge on any atom is -0.398 e. The van der Waals surface area contributed by atoms with E-state index in [1.807, 2.05) is 0 Å². The van der Waals surface area contributed by atoms with E-state index in [-0.39, 0.29) is 0 Å². The van der Waals surface area contributed by atoms with Gasteiger partial charge in [0.15, 0.2) is 0 Å². The van der Waals surface area contributed by atoms with Crippen LogP contribution in [-0.4, -0.2) is 0 Å². The maximum absolute atomic E-state index is 5.09. The fourth-order valence-electron chi connectivity index (χ4n) is 0.105. The Labute approximate surface area is 35.1 Å². The van der Waals surface area contributed by atoms with Gasteiger partial charge >= 0.3 is 0 Å². The molecule has 0 aromatic heterocycles. The molecule has 0 bridgehead atoms. The van der Waals surface area contributed by atoms with Crippen LogP contribution in [0.2, 0.25) is 0 Å². The molecule has 0 saturated carbocycles. The van der Waals surface area contributed by atoms with Crippen LogP contribution >= 0.6 is 12.2 Å². The Morgan fingerprint density at radius 1 is 1.80 bits per heavy atom. The number of anilines is 1. The number of rotatable bonds is 0. The van der Waals surface area contributed by atoms with Gasteiger partial charge in [-0.15, -0.1) is 0 Å². The Hall–Kier alpha value is -0.370. The highest BCUT2D eigenvalue weighted by atomic mass is 32.1. The van der Waals surface area contributed by atoms with Crippen molar-refractivity contribution in [2.45, 2.75) is 0 Å². The van der Waals surface area contributed by atoms with Crippen molar-refractivity contribution in [1.29, 1.82) is 0 Å². The molecule has 0 aliphatic heterocycles. The Bertz CT molecular complexity index is 138. The zero-order valence-corrected chi connectivity index (χ0v) is 3.38. The van der Waals surface area contributed by atoms with Crippen LogP contribution in [0.5, 0.6) is 0 Å². The van der Waals surface area contributed by atoms with Crippen LogP contribution in [0.15, 0.2) is 6.07 Å². The second kappa shape index (κ2) is 0.571. The second-order valence-electron chi connectivity index (χ2n) is 0.964. The van der Waals surface area contributed by atoms with Gasteiger partial charge in [-0.2, -0.15) is 0 Å². The summed E-state index contributed by atoms with van der Waals surface area (Å²) in [6.07, 6.45) is 0. The maximum Gasteiger partial charge on any atom is 0.0628 e. The van der Waals surface area contributed by atoms with Crippen molar-refractivity contribution in [1.82, 2.24) is 0 Å². The van der Waals surface area contributed by atoms with Gasteiger partial charge in [0.25, 0.3) is 0 Å². The highest BCUT2D eigenvalue weighted by molar-refractivity contribution is 7.72. The quantitative estimate of drug-likeness (QED) is 0.473. The molecule has 0 radical (unpaired) electrons. The fraction of sp³-hybridized carbons (Fsp3) is 0. The van der Waals surface area contributed by atoms with Crippen LogP contribution in [0, 0.1) is 4.51 Å². The Morgan fingerprint density at radius 2 is 2.00 bits per heavy atom. The monoisotopic (exact) mass is 85.0 g/mol. The lowest BCUT2D eigenvalue weighted by Crippen LogP contribution is -1.66. The van der Waals surface area contributed by atoms with E-state index in [1.165, 1.54) is 0 Å². The number of hydrogen-bond donors (Lipinski definition) is 1. The van der Waals surface area contributed by atoms with Crippen molar-refractivity contribution in [3.8, 4) is 0 Å². The van der Waals surface area contributed by atoms with Gasteiger partial charge in [0.05, 0.1) is 10.2 Å². The third kappa shape index (κ3) is 0.304. The average molecular weight is 85.1 g/mol. The van der Waals surface area contributed by atoms with E-state index in [1.54, 1.807) is 6.07 Å². The lowest BCUT2D eigenvalue weighted by atomic mass is 11.0. The van der Waals surface area contributed by atoms with Crippen molar-refractivity contribution in [2.75, 3.05) is 5.73 Å². The molecule has 0 saturated heterocycles. The second-order valence-corrected chi connectivity index (χ2v) is 1.40. The van der Waals surface area contributed by atoms with Crippen LogP contribution in [0.4, 0.5) is 5.69 Å². The summed E-state index contributed by atoms with van der Waals surface area (Å²) in [5.74, 6) is 0. The van der Waals surface area contributed by atoms with Gasteiger partial charge in [0, 0.05) is 0 Å². The molecule has 0 spiro atoms. The molecule has 0 aliphatic rings. The molecule has 0 heterocycles. The summed E-state index contributed by atoms with van der Waals surface area (Å²) in [5, 5.41) is 0. The Morgan fingerprint density at radius 3 is 2.00 bits per heavy atom. The first kappa shape index (κ1) is 2.85. The van der Waals surface area contributed by atoms with E-state index < -0.39 is 0 Å². The van der Waals surface area contributed by atoms with Gasteiger partial charge in [-0.1, -0.05) is 12.2 Å². The third-order valence-electron chi connectivity index (χ3n) is 0.488. The summed E-state index contributed by atoms with van der Waals surface area (Å²) in [6.45, 7) is 0. The van der Waals surface area contributed by atoms with Crippen LogP contribution in [0.25, 0.3) is 0 Å². The van der Waals surface area contributed by atoms with Gasteiger partial charge < -0.3 is 5.73 Å². The first-order valence-corrected chi connectivity index (χ1v) is 1.73. The molecule has 1 aromatic rings. The number of nitrogens with two attached hydrogens (primary N) is 1. The molecule has 1 nitrogen and oxygen atoms in total. The minimum atomic E-state index is 0.778. The van der Waals surface area contributed by atoms with E-state index in [4.69, 9.17) is 5.73 Å². The predicted octanol–water partition coefficient (Wildman–Crippen LogP) is 0.874. The smallest absolute Gasteiger partial charge is 0.0628 e. The van der Waals surface area contributed by atoms with Crippen LogP contribution in [0.1, 0.15) is 0 Å². The summed E-state index contributed by atoms with van der Waals surface area (Å²) in [6, 6.07) is 1.76. The van der Waals surface area contributed by atoms with Gasteiger partial charge in [-0.25, -0.2) is 0 Å². The van der Waals surface area contributed by atoms with Crippen molar-refractivity contribution < 1.29 is 0 Å². The molecule has 1 aromatic carbocycles. The number of nitrogen functional groups attached to an aromatic ring is 1.